The molecule has 0 unspecified atom stereocenters. The number of benzene rings is 1. The molecule has 2 aliphatic heterocycles. The van der Waals surface area contributed by atoms with Gasteiger partial charge in [0.05, 0.1) is 144 Å². The number of pyridine rings is 1. The molecular formula is C51H75N7O17. The van der Waals surface area contributed by atoms with Crippen LogP contribution in [0.25, 0.3) is 17.2 Å². The monoisotopic (exact) mass is 1060 g/mol. The molecule has 0 spiro atoms. The Bertz CT molecular complexity index is 2090. The fourth-order valence-electron chi connectivity index (χ4n) is 6.73. The summed E-state index contributed by atoms with van der Waals surface area (Å²) in [6.07, 6.45) is 7.80. The molecule has 0 radical (unpaired) electrons. The van der Waals surface area contributed by atoms with Crippen LogP contribution in [0.5, 0.6) is 0 Å². The van der Waals surface area contributed by atoms with Crippen LogP contribution in [-0.2, 0) is 76.1 Å². The zero-order chi connectivity index (χ0) is 53.6. The van der Waals surface area contributed by atoms with E-state index in [1.165, 1.54) is 5.06 Å². The number of ether oxygens (including phenoxy) is 11. The summed E-state index contributed by atoms with van der Waals surface area (Å²) in [5.74, 6) is -1.45. The van der Waals surface area contributed by atoms with Gasteiger partial charge in [-0.25, -0.2) is 14.9 Å². The van der Waals surface area contributed by atoms with Crippen LogP contribution in [0.3, 0.4) is 0 Å². The standard InChI is InChI=1S/C51H75N7O17/c1-3-12-58(50(62)43-35-42-5-4-41(36-45(42)56-46(52)37-43)44-38-53-9-8-40(44)2)75-14-11-55-51(63)74-34-33-73-32-31-72-30-29-71-28-27-70-26-25-69-24-23-68-22-21-67-20-19-66-18-17-65-16-15-64-13-10-54-47(59)39-57-48(60)6-7-49(57)61/h4-9,35-36,38H,3,10-34,37,39H2,1-2H3,(H2,52,56)(H,54,59)(H,55,63). The number of fused-ring (bicyclic) bond motifs is 1. The fraction of sp³-hybridized carbons (Fsp3) is 0.588. The minimum Gasteiger partial charge on any atom is -0.447 e. The molecule has 1 aromatic carbocycles. The minimum atomic E-state index is -0.630. The molecule has 75 heavy (non-hydrogen) atoms. The fourth-order valence-corrected chi connectivity index (χ4v) is 6.73. The molecule has 2 aliphatic rings. The van der Waals surface area contributed by atoms with Crippen molar-refractivity contribution >= 4 is 47.3 Å². The number of alkyl carbamates (subject to hydrolysis) is 1. The van der Waals surface area contributed by atoms with E-state index in [0.717, 1.165) is 39.3 Å². The molecule has 1 aromatic heterocycles. The number of amidine groups is 1. The van der Waals surface area contributed by atoms with E-state index in [-0.39, 0.29) is 58.4 Å². The lowest BCUT2D eigenvalue weighted by molar-refractivity contribution is -0.181. The topological polar surface area (TPSA) is 278 Å². The lowest BCUT2D eigenvalue weighted by Crippen LogP contribution is -2.41. The molecule has 0 saturated heterocycles. The summed E-state index contributed by atoms with van der Waals surface area (Å²) in [4.78, 5) is 76.0. The maximum Gasteiger partial charge on any atom is 0.407 e. The van der Waals surface area contributed by atoms with Crippen molar-refractivity contribution in [3.05, 3.63) is 65.5 Å². The van der Waals surface area contributed by atoms with Gasteiger partial charge in [0.15, 0.2) is 0 Å². The van der Waals surface area contributed by atoms with E-state index in [1.807, 2.05) is 44.3 Å². The van der Waals surface area contributed by atoms with Gasteiger partial charge in [0.25, 0.3) is 17.7 Å². The summed E-state index contributed by atoms with van der Waals surface area (Å²) >= 11 is 0. The number of nitrogens with zero attached hydrogens (tertiary/aromatic N) is 4. The van der Waals surface area contributed by atoms with Gasteiger partial charge in [-0.2, -0.15) is 0 Å². The van der Waals surface area contributed by atoms with Crippen molar-refractivity contribution in [1.82, 2.24) is 25.6 Å². The second-order valence-corrected chi connectivity index (χ2v) is 16.3. The first kappa shape index (κ1) is 61.8. The highest BCUT2D eigenvalue weighted by atomic mass is 16.7. The van der Waals surface area contributed by atoms with E-state index in [1.54, 1.807) is 12.3 Å². The predicted molar refractivity (Wildman–Crippen MR) is 273 cm³/mol. The summed E-state index contributed by atoms with van der Waals surface area (Å²) in [5.41, 5.74) is 11.2. The first-order chi connectivity index (χ1) is 36.7. The molecular weight excluding hydrogens is 983 g/mol. The summed E-state index contributed by atoms with van der Waals surface area (Å²) in [5, 5.41) is 6.49. The van der Waals surface area contributed by atoms with E-state index in [2.05, 4.69) is 20.6 Å². The van der Waals surface area contributed by atoms with Crippen molar-refractivity contribution in [1.29, 1.82) is 0 Å². The number of hydrogen-bond acceptors (Lipinski definition) is 20. The summed E-state index contributed by atoms with van der Waals surface area (Å²) < 4.78 is 59.9. The van der Waals surface area contributed by atoms with E-state index in [0.29, 0.717) is 149 Å². The Kier molecular flexibility index (Phi) is 31.9. The first-order valence-corrected chi connectivity index (χ1v) is 25.2. The Hall–Kier alpha value is -5.77. The van der Waals surface area contributed by atoms with Crippen molar-refractivity contribution in [2.24, 2.45) is 10.7 Å². The Labute approximate surface area is 438 Å². The highest BCUT2D eigenvalue weighted by Gasteiger charge is 2.26. The lowest BCUT2D eigenvalue weighted by atomic mass is 9.99. The normalized spacial score (nSPS) is 13.1. The molecule has 24 nitrogen and oxygen atoms in total. The van der Waals surface area contributed by atoms with E-state index >= 15 is 0 Å². The summed E-state index contributed by atoms with van der Waals surface area (Å²) in [6, 6.07) is 7.78. The van der Waals surface area contributed by atoms with Crippen LogP contribution >= 0.6 is 0 Å². The average Bonchev–Trinajstić information content (AvgIpc) is 3.60. The number of hydroxylamine groups is 2. The van der Waals surface area contributed by atoms with Crippen molar-refractivity contribution in [2.45, 2.75) is 26.7 Å². The number of nitrogens with two attached hydrogens (primary N) is 1. The molecule has 0 atom stereocenters. The van der Waals surface area contributed by atoms with Crippen LogP contribution < -0.4 is 16.4 Å². The second-order valence-electron chi connectivity index (χ2n) is 16.3. The number of imide groups is 1. The van der Waals surface area contributed by atoms with Gasteiger partial charge < -0.3 is 68.5 Å². The van der Waals surface area contributed by atoms with Crippen LogP contribution in [0.1, 0.15) is 30.9 Å². The number of amides is 5. The molecule has 0 aliphatic carbocycles. The van der Waals surface area contributed by atoms with E-state index in [4.69, 9.17) is 62.7 Å². The summed E-state index contributed by atoms with van der Waals surface area (Å²) in [7, 11) is 0. The van der Waals surface area contributed by atoms with Crippen molar-refractivity contribution in [3.63, 3.8) is 0 Å². The number of aromatic nitrogens is 1. The van der Waals surface area contributed by atoms with Crippen LogP contribution in [0.4, 0.5) is 10.5 Å². The molecule has 4 N–H and O–H groups in total. The highest BCUT2D eigenvalue weighted by molar-refractivity contribution is 6.14. The first-order valence-electron chi connectivity index (χ1n) is 25.2. The van der Waals surface area contributed by atoms with Crippen LogP contribution in [0.15, 0.2) is 59.4 Å². The third kappa shape index (κ3) is 26.5. The lowest BCUT2D eigenvalue weighted by Gasteiger charge is -2.22. The molecule has 0 saturated carbocycles. The molecule has 4 rings (SSSR count). The SMILES string of the molecule is CCCN(OCCNC(=O)OCCOCCOCCOCCOCCOCCOCCOCCOCCOCCOCCNC(=O)CN1C(=O)C=CC1=O)C(=O)C1=Cc2ccc(-c3cnccc3C)cc2N=C(N)C1. The molecule has 2 aromatic rings. The van der Waals surface area contributed by atoms with E-state index < -0.39 is 23.8 Å². The van der Waals surface area contributed by atoms with Crippen LogP contribution in [0, 0.1) is 6.92 Å². The van der Waals surface area contributed by atoms with Gasteiger partial charge in [0, 0.05) is 67.3 Å². The van der Waals surface area contributed by atoms with Crippen LogP contribution in [-0.4, -0.2) is 222 Å². The van der Waals surface area contributed by atoms with Crippen molar-refractivity contribution in [3.8, 4) is 11.1 Å². The number of rotatable bonds is 43. The third-order valence-corrected chi connectivity index (χ3v) is 10.5. The molecule has 416 valence electrons. The van der Waals surface area contributed by atoms with Gasteiger partial charge >= 0.3 is 6.09 Å². The number of aliphatic imine (C=N–C) groups is 1. The minimum absolute atomic E-state index is 0.0472. The Balaban J connectivity index is 0.833. The largest absolute Gasteiger partial charge is 0.447 e. The van der Waals surface area contributed by atoms with Crippen LogP contribution in [0.2, 0.25) is 0 Å². The molecule has 5 amide bonds. The maximum absolute atomic E-state index is 13.6. The molecule has 0 bridgehead atoms. The highest BCUT2D eigenvalue weighted by Crippen LogP contribution is 2.33. The van der Waals surface area contributed by atoms with Gasteiger partial charge in [-0.15, -0.1) is 0 Å². The number of nitrogens with one attached hydrogen (secondary N) is 2. The number of aryl methyl sites for hydroxylation is 1. The third-order valence-electron chi connectivity index (χ3n) is 10.5. The Morgan fingerprint density at radius 3 is 1.65 bits per heavy atom. The van der Waals surface area contributed by atoms with Gasteiger partial charge in [0.2, 0.25) is 5.91 Å². The quantitative estimate of drug-likeness (QED) is 0.0486. The predicted octanol–water partition coefficient (Wildman–Crippen LogP) is 1.94. The molecule has 0 fully saturated rings. The van der Waals surface area contributed by atoms with Gasteiger partial charge in [-0.1, -0.05) is 19.1 Å². The zero-order valence-electron chi connectivity index (χ0n) is 43.3. The number of hydrogen-bond donors (Lipinski definition) is 3. The van der Waals surface area contributed by atoms with Crippen molar-refractivity contribution < 1.29 is 80.9 Å². The van der Waals surface area contributed by atoms with Crippen molar-refractivity contribution in [2.75, 3.05) is 172 Å². The maximum atomic E-state index is 13.6. The molecule has 3 heterocycles. The Morgan fingerprint density at radius 2 is 1.15 bits per heavy atom. The summed E-state index contributed by atoms with van der Waals surface area (Å²) in [6.45, 7) is 12.3. The van der Waals surface area contributed by atoms with Gasteiger partial charge in [-0.3, -0.25) is 33.9 Å². The second kappa shape index (κ2) is 38.7. The average molecular weight is 1060 g/mol. The Morgan fingerprint density at radius 1 is 0.653 bits per heavy atom. The molecule has 24 heteroatoms. The van der Waals surface area contributed by atoms with E-state index in [9.17, 15) is 24.0 Å². The van der Waals surface area contributed by atoms with Gasteiger partial charge in [0.1, 0.15) is 19.0 Å². The zero-order valence-corrected chi connectivity index (χ0v) is 43.3. The van der Waals surface area contributed by atoms with Gasteiger partial charge in [-0.05, 0) is 42.7 Å². The number of carbonyl (C=O) groups excluding carboxylic acids is 5. The smallest absolute Gasteiger partial charge is 0.407 e. The number of carbonyl (C=O) groups is 5.